The minimum absolute atomic E-state index is 0.169. The van der Waals surface area contributed by atoms with E-state index in [1.807, 2.05) is 18.2 Å². The average Bonchev–Trinajstić information content (AvgIpc) is 3.83. The molecule has 0 radical (unpaired) electrons. The van der Waals surface area contributed by atoms with E-state index in [1.165, 1.54) is 44.1 Å². The number of furan rings is 1. The van der Waals surface area contributed by atoms with Crippen molar-refractivity contribution in [2.45, 2.75) is 19.3 Å². The van der Waals surface area contributed by atoms with Gasteiger partial charge >= 0.3 is 0 Å². The van der Waals surface area contributed by atoms with Gasteiger partial charge < -0.3 is 8.98 Å². The first-order valence-corrected chi connectivity index (χ1v) is 18.2. The van der Waals surface area contributed by atoms with Crippen LogP contribution in [0.3, 0.4) is 0 Å². The van der Waals surface area contributed by atoms with E-state index in [0.717, 1.165) is 55.7 Å². The van der Waals surface area contributed by atoms with Crippen molar-refractivity contribution in [2.75, 3.05) is 0 Å². The summed E-state index contributed by atoms with van der Waals surface area (Å²) >= 11 is 0. The largest absolute Gasteiger partial charge is 0.456 e. The van der Waals surface area contributed by atoms with Gasteiger partial charge in [-0.05, 0) is 64.7 Å². The molecule has 0 N–H and O–H groups in total. The molecular weight excluding hydrogens is 647 g/mol. The molecule has 10 aromatic rings. The molecule has 0 amide bonds. The highest BCUT2D eigenvalue weighted by Crippen LogP contribution is 2.53. The lowest BCUT2D eigenvalue weighted by atomic mass is 9.81. The summed E-state index contributed by atoms with van der Waals surface area (Å²) in [6.45, 7) is 4.73. The monoisotopic (exact) mass is 679 g/mol. The quantitative estimate of drug-likeness (QED) is 0.186. The Bertz CT molecular complexity index is 3090. The van der Waals surface area contributed by atoms with E-state index in [2.05, 4.69) is 164 Å². The van der Waals surface area contributed by atoms with Crippen molar-refractivity contribution >= 4 is 43.7 Å². The summed E-state index contributed by atoms with van der Waals surface area (Å²) in [5, 5.41) is 4.71. The molecule has 11 rings (SSSR count). The topological polar surface area (TPSA) is 43.9 Å². The van der Waals surface area contributed by atoms with E-state index in [1.54, 1.807) is 0 Å². The Morgan fingerprint density at radius 2 is 1.19 bits per heavy atom. The highest BCUT2D eigenvalue weighted by Gasteiger charge is 2.38. The third kappa shape index (κ3) is 4.42. The molecule has 0 spiro atoms. The maximum Gasteiger partial charge on any atom is 0.160 e. The molecule has 1 aliphatic rings. The van der Waals surface area contributed by atoms with Gasteiger partial charge in [-0.3, -0.25) is 0 Å². The highest BCUT2D eigenvalue weighted by atomic mass is 16.3. The molecule has 4 nitrogen and oxygen atoms in total. The lowest BCUT2D eigenvalue weighted by Crippen LogP contribution is -2.16. The summed E-state index contributed by atoms with van der Waals surface area (Å²) < 4.78 is 8.75. The molecule has 53 heavy (non-hydrogen) atoms. The number of fused-ring (bicyclic) bond motifs is 10. The van der Waals surface area contributed by atoms with Crippen LogP contribution in [0.1, 0.15) is 25.0 Å². The van der Waals surface area contributed by atoms with Gasteiger partial charge in [0.05, 0.1) is 22.4 Å². The Hall–Kier alpha value is -6.78. The van der Waals surface area contributed by atoms with Gasteiger partial charge in [0.15, 0.2) is 5.82 Å². The number of para-hydroxylation sites is 2. The standard InChI is InChI=1S/C49H33N3O/c1-49(2)40-20-9-6-17-34(40)38-25-26-39-35-18-7-10-21-43(35)52(47(39)46(38)49)33-16-12-15-32(27-33)48-50-41(30-13-4-3-5-14-30)29-42(51-48)31-23-24-37-36-19-8-11-22-44(36)53-45(37)28-31/h3-29H,1-2H3. The molecule has 7 aromatic carbocycles. The summed E-state index contributed by atoms with van der Waals surface area (Å²) in [6, 6.07) is 58.0. The minimum Gasteiger partial charge on any atom is -0.456 e. The maximum atomic E-state index is 6.29. The van der Waals surface area contributed by atoms with Crippen molar-refractivity contribution in [3.63, 3.8) is 0 Å². The molecule has 3 heterocycles. The van der Waals surface area contributed by atoms with Gasteiger partial charge in [0.2, 0.25) is 0 Å². The zero-order valence-electron chi connectivity index (χ0n) is 29.3. The summed E-state index contributed by atoms with van der Waals surface area (Å²) in [5.41, 5.74) is 15.1. The van der Waals surface area contributed by atoms with Gasteiger partial charge in [0.25, 0.3) is 0 Å². The van der Waals surface area contributed by atoms with Crippen LogP contribution in [-0.4, -0.2) is 14.5 Å². The van der Waals surface area contributed by atoms with Crippen LogP contribution < -0.4 is 0 Å². The van der Waals surface area contributed by atoms with Crippen LogP contribution in [0.25, 0.3) is 94.5 Å². The lowest BCUT2D eigenvalue weighted by molar-refractivity contribution is 0.664. The third-order valence-corrected chi connectivity index (χ3v) is 11.2. The predicted octanol–water partition coefficient (Wildman–Crippen LogP) is 12.8. The minimum atomic E-state index is -0.169. The van der Waals surface area contributed by atoms with Crippen molar-refractivity contribution in [1.29, 1.82) is 0 Å². The van der Waals surface area contributed by atoms with Crippen molar-refractivity contribution in [1.82, 2.24) is 14.5 Å². The van der Waals surface area contributed by atoms with Crippen LogP contribution in [0, 0.1) is 0 Å². The highest BCUT2D eigenvalue weighted by molar-refractivity contribution is 6.13. The van der Waals surface area contributed by atoms with E-state index in [0.29, 0.717) is 5.82 Å². The van der Waals surface area contributed by atoms with Crippen LogP contribution >= 0.6 is 0 Å². The molecule has 250 valence electrons. The van der Waals surface area contributed by atoms with E-state index < -0.39 is 0 Å². The van der Waals surface area contributed by atoms with E-state index in [-0.39, 0.29) is 5.41 Å². The molecular formula is C49H33N3O. The third-order valence-electron chi connectivity index (χ3n) is 11.2. The smallest absolute Gasteiger partial charge is 0.160 e. The van der Waals surface area contributed by atoms with Crippen LogP contribution in [0.15, 0.2) is 168 Å². The van der Waals surface area contributed by atoms with Gasteiger partial charge in [-0.15, -0.1) is 0 Å². The SMILES string of the molecule is CC1(C)c2ccccc2-c2ccc3c4ccccc4n(-c4cccc(-c5nc(-c6ccccc6)cc(-c6ccc7c(c6)oc6ccccc67)n5)c4)c3c21. The molecule has 0 saturated heterocycles. The first kappa shape index (κ1) is 29.9. The molecule has 4 heteroatoms. The van der Waals surface area contributed by atoms with Crippen LogP contribution in [0.2, 0.25) is 0 Å². The van der Waals surface area contributed by atoms with Crippen LogP contribution in [0.4, 0.5) is 0 Å². The number of hydrogen-bond donors (Lipinski definition) is 0. The van der Waals surface area contributed by atoms with Gasteiger partial charge in [-0.1, -0.05) is 135 Å². The van der Waals surface area contributed by atoms with Gasteiger partial charge in [0, 0.05) is 49.3 Å². The molecule has 3 aromatic heterocycles. The van der Waals surface area contributed by atoms with Crippen molar-refractivity contribution < 1.29 is 4.42 Å². The number of nitrogens with zero attached hydrogens (tertiary/aromatic N) is 3. The maximum absolute atomic E-state index is 6.29. The van der Waals surface area contributed by atoms with Crippen molar-refractivity contribution in [2.24, 2.45) is 0 Å². The first-order valence-electron chi connectivity index (χ1n) is 18.2. The van der Waals surface area contributed by atoms with Gasteiger partial charge in [-0.25, -0.2) is 9.97 Å². The summed E-state index contributed by atoms with van der Waals surface area (Å²) in [4.78, 5) is 10.5. The number of rotatable bonds is 4. The fourth-order valence-electron chi connectivity index (χ4n) is 8.73. The van der Waals surface area contributed by atoms with E-state index in [9.17, 15) is 0 Å². The fourth-order valence-corrected chi connectivity index (χ4v) is 8.73. The van der Waals surface area contributed by atoms with Crippen LogP contribution in [0.5, 0.6) is 0 Å². The van der Waals surface area contributed by atoms with Crippen molar-refractivity contribution in [3.05, 3.63) is 175 Å². The molecule has 0 aliphatic heterocycles. The lowest BCUT2D eigenvalue weighted by Gasteiger charge is -2.23. The van der Waals surface area contributed by atoms with Crippen molar-refractivity contribution in [3.8, 4) is 50.7 Å². The van der Waals surface area contributed by atoms with Gasteiger partial charge in [0.1, 0.15) is 11.2 Å². The second-order valence-corrected chi connectivity index (χ2v) is 14.6. The Balaban J connectivity index is 1.13. The molecule has 1 aliphatic carbocycles. The summed E-state index contributed by atoms with van der Waals surface area (Å²) in [6.07, 6.45) is 0. The predicted molar refractivity (Wildman–Crippen MR) is 218 cm³/mol. The number of hydrogen-bond acceptors (Lipinski definition) is 3. The zero-order valence-corrected chi connectivity index (χ0v) is 29.3. The molecule has 0 unspecified atom stereocenters. The second kappa shape index (κ2) is 11.1. The zero-order chi connectivity index (χ0) is 35.3. The normalized spacial score (nSPS) is 13.2. The Morgan fingerprint density at radius 3 is 2.08 bits per heavy atom. The molecule has 0 fully saturated rings. The number of benzene rings is 7. The Labute approximate surface area is 306 Å². The Morgan fingerprint density at radius 1 is 0.491 bits per heavy atom. The average molecular weight is 680 g/mol. The second-order valence-electron chi connectivity index (χ2n) is 14.6. The summed E-state index contributed by atoms with van der Waals surface area (Å²) in [7, 11) is 0. The first-order chi connectivity index (χ1) is 26.0. The van der Waals surface area contributed by atoms with Crippen LogP contribution in [-0.2, 0) is 5.41 Å². The number of aromatic nitrogens is 3. The fraction of sp³-hybridized carbons (Fsp3) is 0.0612. The Kier molecular flexibility index (Phi) is 6.27. The van der Waals surface area contributed by atoms with E-state index in [4.69, 9.17) is 14.4 Å². The summed E-state index contributed by atoms with van der Waals surface area (Å²) in [5.74, 6) is 0.673. The molecule has 0 bridgehead atoms. The molecule has 0 atom stereocenters. The van der Waals surface area contributed by atoms with Gasteiger partial charge in [-0.2, -0.15) is 0 Å². The molecule has 0 saturated carbocycles. The van der Waals surface area contributed by atoms with E-state index >= 15 is 0 Å².